The highest BCUT2D eigenvalue weighted by molar-refractivity contribution is 7.99. The van der Waals surface area contributed by atoms with Gasteiger partial charge in [-0.2, -0.15) is 0 Å². The van der Waals surface area contributed by atoms with Crippen molar-refractivity contribution in [2.24, 2.45) is 5.73 Å². The Morgan fingerprint density at radius 2 is 1.95 bits per heavy atom. The molecule has 0 fully saturated rings. The van der Waals surface area contributed by atoms with Crippen molar-refractivity contribution in [1.82, 2.24) is 4.98 Å². The van der Waals surface area contributed by atoms with Crippen molar-refractivity contribution in [3.63, 3.8) is 0 Å². The maximum Gasteiger partial charge on any atom is 0.100 e. The molecule has 0 spiro atoms. The van der Waals surface area contributed by atoms with Crippen molar-refractivity contribution in [2.45, 2.75) is 56.4 Å². The van der Waals surface area contributed by atoms with Gasteiger partial charge in [0.05, 0.1) is 5.52 Å². The summed E-state index contributed by atoms with van der Waals surface area (Å²) < 4.78 is 0. The standard InChI is InChI=1S/C17H24N2S/c1-4-12(3)20-17-14(11-15(18)5-2)10-13-8-6-7-9-16(13)19-17/h6-10,12,15H,4-5,11,18H2,1-3H3. The molecule has 2 N–H and O–H groups in total. The van der Waals surface area contributed by atoms with Gasteiger partial charge in [0.15, 0.2) is 0 Å². The summed E-state index contributed by atoms with van der Waals surface area (Å²) in [6.07, 6.45) is 3.06. The molecule has 2 nitrogen and oxygen atoms in total. The number of aromatic nitrogens is 1. The number of hydrogen-bond acceptors (Lipinski definition) is 3. The molecule has 0 aliphatic heterocycles. The molecule has 108 valence electrons. The smallest absolute Gasteiger partial charge is 0.100 e. The average Bonchev–Trinajstić information content (AvgIpc) is 2.47. The van der Waals surface area contributed by atoms with Crippen LogP contribution in [0.1, 0.15) is 39.2 Å². The zero-order chi connectivity index (χ0) is 14.5. The highest BCUT2D eigenvalue weighted by atomic mass is 32.2. The van der Waals surface area contributed by atoms with Crippen molar-refractivity contribution >= 4 is 22.7 Å². The molecule has 0 saturated heterocycles. The van der Waals surface area contributed by atoms with E-state index in [1.54, 1.807) is 0 Å². The predicted molar refractivity (Wildman–Crippen MR) is 89.3 cm³/mol. The van der Waals surface area contributed by atoms with E-state index in [1.165, 1.54) is 10.9 Å². The third-order valence-electron chi connectivity index (χ3n) is 3.66. The minimum Gasteiger partial charge on any atom is -0.327 e. The molecule has 0 aliphatic rings. The largest absolute Gasteiger partial charge is 0.327 e. The van der Waals surface area contributed by atoms with Crippen LogP contribution in [0.2, 0.25) is 0 Å². The molecular formula is C17H24N2S. The molecule has 2 aromatic rings. The van der Waals surface area contributed by atoms with Gasteiger partial charge >= 0.3 is 0 Å². The summed E-state index contributed by atoms with van der Waals surface area (Å²) in [7, 11) is 0. The summed E-state index contributed by atoms with van der Waals surface area (Å²) in [5.74, 6) is 0. The second-order valence-corrected chi connectivity index (χ2v) is 6.78. The minimum absolute atomic E-state index is 0.217. The number of hydrogen-bond donors (Lipinski definition) is 1. The van der Waals surface area contributed by atoms with E-state index in [-0.39, 0.29) is 6.04 Å². The Bertz CT molecular complexity index is 517. The summed E-state index contributed by atoms with van der Waals surface area (Å²) >= 11 is 1.87. The second kappa shape index (κ2) is 7.09. The quantitative estimate of drug-likeness (QED) is 0.800. The van der Waals surface area contributed by atoms with Crippen LogP contribution in [-0.2, 0) is 6.42 Å². The molecule has 20 heavy (non-hydrogen) atoms. The lowest BCUT2D eigenvalue weighted by Gasteiger charge is -2.16. The Morgan fingerprint density at radius 3 is 2.65 bits per heavy atom. The maximum atomic E-state index is 6.14. The van der Waals surface area contributed by atoms with Crippen molar-refractivity contribution in [3.8, 4) is 0 Å². The summed E-state index contributed by atoms with van der Waals surface area (Å²) in [6.45, 7) is 6.61. The topological polar surface area (TPSA) is 38.9 Å². The molecule has 1 aromatic carbocycles. The lowest BCUT2D eigenvalue weighted by molar-refractivity contribution is 0.638. The number of rotatable bonds is 6. The van der Waals surface area contributed by atoms with E-state index in [1.807, 2.05) is 17.8 Å². The van der Waals surface area contributed by atoms with Crippen molar-refractivity contribution < 1.29 is 0 Å². The number of nitrogens with two attached hydrogens (primary N) is 1. The van der Waals surface area contributed by atoms with E-state index in [9.17, 15) is 0 Å². The summed E-state index contributed by atoms with van der Waals surface area (Å²) in [6, 6.07) is 10.8. The number of benzene rings is 1. The van der Waals surface area contributed by atoms with Crippen LogP contribution in [0.5, 0.6) is 0 Å². The lowest BCUT2D eigenvalue weighted by atomic mass is 10.0. The average molecular weight is 288 g/mol. The van der Waals surface area contributed by atoms with E-state index in [2.05, 4.69) is 45.0 Å². The summed E-state index contributed by atoms with van der Waals surface area (Å²) in [5.41, 5.74) is 8.52. The lowest BCUT2D eigenvalue weighted by Crippen LogP contribution is -2.22. The fourth-order valence-corrected chi connectivity index (χ4v) is 3.08. The number of thioether (sulfide) groups is 1. The highest BCUT2D eigenvalue weighted by Crippen LogP contribution is 2.30. The first-order valence-corrected chi connectivity index (χ1v) is 8.32. The van der Waals surface area contributed by atoms with Crippen LogP contribution in [0.15, 0.2) is 35.4 Å². The number of fused-ring (bicyclic) bond motifs is 1. The molecule has 0 aliphatic carbocycles. The van der Waals surface area contributed by atoms with Crippen molar-refractivity contribution in [3.05, 3.63) is 35.9 Å². The van der Waals surface area contributed by atoms with Gasteiger partial charge in [-0.15, -0.1) is 11.8 Å². The van der Waals surface area contributed by atoms with Crippen LogP contribution in [-0.4, -0.2) is 16.3 Å². The van der Waals surface area contributed by atoms with Gasteiger partial charge in [0.2, 0.25) is 0 Å². The molecule has 3 heteroatoms. The highest BCUT2D eigenvalue weighted by Gasteiger charge is 2.13. The van der Waals surface area contributed by atoms with Crippen LogP contribution >= 0.6 is 11.8 Å². The van der Waals surface area contributed by atoms with E-state index in [0.717, 1.165) is 29.8 Å². The van der Waals surface area contributed by atoms with Gasteiger partial charge < -0.3 is 5.73 Å². The van der Waals surface area contributed by atoms with Crippen molar-refractivity contribution in [1.29, 1.82) is 0 Å². The number of nitrogens with zero attached hydrogens (tertiary/aromatic N) is 1. The molecular weight excluding hydrogens is 264 g/mol. The summed E-state index contributed by atoms with van der Waals surface area (Å²) in [5, 5.41) is 2.95. The molecule has 0 radical (unpaired) electrons. The molecule has 1 aromatic heterocycles. The predicted octanol–water partition coefficient (Wildman–Crippen LogP) is 4.41. The molecule has 0 bridgehead atoms. The van der Waals surface area contributed by atoms with E-state index in [4.69, 9.17) is 10.7 Å². The van der Waals surface area contributed by atoms with Gasteiger partial charge in [0, 0.05) is 16.7 Å². The van der Waals surface area contributed by atoms with Gasteiger partial charge in [-0.1, -0.05) is 39.0 Å². The fraction of sp³-hybridized carbons (Fsp3) is 0.471. The molecule has 0 saturated carbocycles. The Balaban J connectivity index is 2.41. The van der Waals surface area contributed by atoms with Crippen molar-refractivity contribution in [2.75, 3.05) is 0 Å². The second-order valence-electron chi connectivity index (χ2n) is 5.35. The third-order valence-corrected chi connectivity index (χ3v) is 4.97. The van der Waals surface area contributed by atoms with Gasteiger partial charge in [-0.25, -0.2) is 4.98 Å². The normalized spacial score (nSPS) is 14.4. The van der Waals surface area contributed by atoms with Crippen LogP contribution in [0, 0.1) is 0 Å². The monoisotopic (exact) mass is 288 g/mol. The van der Waals surface area contributed by atoms with Crippen LogP contribution in [0.3, 0.4) is 0 Å². The van der Waals surface area contributed by atoms with Gasteiger partial charge in [0.25, 0.3) is 0 Å². The van der Waals surface area contributed by atoms with Crippen LogP contribution < -0.4 is 5.73 Å². The maximum absolute atomic E-state index is 6.14. The fourth-order valence-electron chi connectivity index (χ4n) is 2.09. The zero-order valence-corrected chi connectivity index (χ0v) is 13.4. The van der Waals surface area contributed by atoms with Gasteiger partial charge in [0.1, 0.15) is 5.03 Å². The first kappa shape index (κ1) is 15.3. The van der Waals surface area contributed by atoms with Gasteiger partial charge in [-0.05, 0) is 37.0 Å². The molecule has 1 heterocycles. The van der Waals surface area contributed by atoms with Gasteiger partial charge in [-0.3, -0.25) is 0 Å². The molecule has 2 rings (SSSR count). The Hall–Kier alpha value is -1.06. The summed E-state index contributed by atoms with van der Waals surface area (Å²) in [4.78, 5) is 4.86. The molecule has 2 atom stereocenters. The van der Waals surface area contributed by atoms with Crippen LogP contribution in [0.4, 0.5) is 0 Å². The minimum atomic E-state index is 0.217. The number of para-hydroxylation sites is 1. The van der Waals surface area contributed by atoms with E-state index in [0.29, 0.717) is 5.25 Å². The Morgan fingerprint density at radius 1 is 1.20 bits per heavy atom. The van der Waals surface area contributed by atoms with E-state index >= 15 is 0 Å². The third kappa shape index (κ3) is 3.74. The zero-order valence-electron chi connectivity index (χ0n) is 12.6. The number of pyridine rings is 1. The Kier molecular flexibility index (Phi) is 5.44. The first-order chi connectivity index (χ1) is 9.63. The molecule has 0 amide bonds. The first-order valence-electron chi connectivity index (χ1n) is 7.44. The van der Waals surface area contributed by atoms with Crippen LogP contribution in [0.25, 0.3) is 10.9 Å². The van der Waals surface area contributed by atoms with E-state index < -0.39 is 0 Å². The SMILES string of the molecule is CCC(N)Cc1cc2ccccc2nc1SC(C)CC. The molecule has 2 unspecified atom stereocenters. The Labute approximate surface area is 126 Å².